The Morgan fingerprint density at radius 3 is 2.33 bits per heavy atom. The number of amides is 3. The molecular weight excluding hydrogens is 612 g/mol. The summed E-state index contributed by atoms with van der Waals surface area (Å²) >= 11 is 0. The third kappa shape index (κ3) is 7.81. The molecule has 3 N–H and O–H groups in total. The molecule has 2 heterocycles. The highest BCUT2D eigenvalue weighted by molar-refractivity contribution is 6.02. The van der Waals surface area contributed by atoms with Crippen LogP contribution in [0.25, 0.3) is 0 Å². The lowest BCUT2D eigenvalue weighted by Gasteiger charge is -2.38. The van der Waals surface area contributed by atoms with Gasteiger partial charge in [-0.25, -0.2) is 4.79 Å². The van der Waals surface area contributed by atoms with Gasteiger partial charge in [-0.2, -0.15) is 0 Å². The molecule has 250 valence electrons. The smallest absolute Gasteiger partial charge is 0.323 e. The second kappa shape index (κ2) is 14.7. The number of para-hydroxylation sites is 1. The van der Waals surface area contributed by atoms with Gasteiger partial charge in [-0.05, 0) is 74.1 Å². The van der Waals surface area contributed by atoms with Gasteiger partial charge in [0, 0.05) is 43.0 Å². The summed E-state index contributed by atoms with van der Waals surface area (Å²) in [7, 11) is 2.04. The minimum absolute atomic E-state index is 0.0366. The molecule has 6 rings (SSSR count). The summed E-state index contributed by atoms with van der Waals surface area (Å²) in [6.07, 6.45) is -0.260. The largest absolute Gasteiger partial charge is 0.488 e. The fourth-order valence-electron chi connectivity index (χ4n) is 5.76. The number of anilines is 2. The highest BCUT2D eigenvalue weighted by atomic mass is 16.7. The molecule has 0 unspecified atom stereocenters. The topological polar surface area (TPSA) is 122 Å². The Morgan fingerprint density at radius 1 is 0.938 bits per heavy atom. The normalized spacial score (nSPS) is 17.5. The standard InChI is InChI=1S/C37H40N4O7/c1-24-19-41(25(2)22-42)36(43)31-17-27(38-37(44)39-28-12-16-33-34(18-28)46-23-45-33)11-15-32(31)48-35(24)21-40(3)20-26-9-13-30(14-10-26)47-29-7-5-4-6-8-29/h4-18,24-25,35,42H,19-23H2,1-3H3,(H2,38,39,44)/t24-,25-,35+/m1/s1. The van der Waals surface area contributed by atoms with Crippen LogP contribution in [0.3, 0.4) is 0 Å². The van der Waals surface area contributed by atoms with E-state index in [0.717, 1.165) is 17.1 Å². The van der Waals surface area contributed by atoms with E-state index in [1.54, 1.807) is 41.3 Å². The molecule has 11 nitrogen and oxygen atoms in total. The summed E-state index contributed by atoms with van der Waals surface area (Å²) in [6.45, 7) is 5.50. The molecular formula is C37H40N4O7. The number of carbonyl (C=O) groups is 2. The van der Waals surface area contributed by atoms with Gasteiger partial charge < -0.3 is 39.6 Å². The predicted octanol–water partition coefficient (Wildman–Crippen LogP) is 6.20. The van der Waals surface area contributed by atoms with E-state index in [2.05, 4.69) is 22.5 Å². The van der Waals surface area contributed by atoms with Crippen molar-refractivity contribution in [1.82, 2.24) is 9.80 Å². The second-order valence-electron chi connectivity index (χ2n) is 12.2. The summed E-state index contributed by atoms with van der Waals surface area (Å²) in [6, 6.07) is 26.9. The number of nitrogens with one attached hydrogen (secondary N) is 2. The molecule has 2 aliphatic rings. The van der Waals surface area contributed by atoms with Crippen molar-refractivity contribution in [3.05, 3.63) is 102 Å². The third-order valence-corrected chi connectivity index (χ3v) is 8.40. The lowest BCUT2D eigenvalue weighted by molar-refractivity contribution is 0.0341. The number of carbonyl (C=O) groups excluding carboxylic acids is 2. The lowest BCUT2D eigenvalue weighted by Crippen LogP contribution is -2.49. The number of ether oxygens (including phenoxy) is 4. The van der Waals surface area contributed by atoms with E-state index < -0.39 is 12.1 Å². The number of likely N-dealkylation sites (N-methyl/N-ethyl adjacent to an activating group) is 1. The van der Waals surface area contributed by atoms with Crippen LogP contribution in [0.1, 0.15) is 29.8 Å². The number of aliphatic hydroxyl groups is 1. The van der Waals surface area contributed by atoms with Crippen molar-refractivity contribution in [2.75, 3.05) is 44.2 Å². The SMILES string of the molecule is C[C@@H]1CN([C@H](C)CO)C(=O)c2cc(NC(=O)Nc3ccc4c(c3)OCO4)ccc2O[C@H]1CN(C)Cc1ccc(Oc2ccccc2)cc1. The first-order valence-corrected chi connectivity index (χ1v) is 16.0. The molecule has 4 aromatic rings. The summed E-state index contributed by atoms with van der Waals surface area (Å²) in [5, 5.41) is 15.6. The number of aliphatic hydroxyl groups excluding tert-OH is 1. The van der Waals surface area contributed by atoms with E-state index in [4.69, 9.17) is 18.9 Å². The molecule has 48 heavy (non-hydrogen) atoms. The Labute approximate surface area is 280 Å². The maximum atomic E-state index is 13.8. The van der Waals surface area contributed by atoms with E-state index in [1.807, 2.05) is 68.6 Å². The average Bonchev–Trinajstić information content (AvgIpc) is 3.56. The van der Waals surface area contributed by atoms with Crippen molar-refractivity contribution in [2.24, 2.45) is 5.92 Å². The molecule has 3 amide bonds. The Hall–Kier alpha value is -5.26. The van der Waals surface area contributed by atoms with Crippen molar-refractivity contribution in [2.45, 2.75) is 32.5 Å². The van der Waals surface area contributed by atoms with Crippen molar-refractivity contribution < 1.29 is 33.6 Å². The van der Waals surface area contributed by atoms with Crippen LogP contribution in [-0.2, 0) is 6.54 Å². The molecule has 3 atom stereocenters. The third-order valence-electron chi connectivity index (χ3n) is 8.40. The van der Waals surface area contributed by atoms with Crippen molar-refractivity contribution in [3.8, 4) is 28.7 Å². The monoisotopic (exact) mass is 652 g/mol. The molecule has 0 bridgehead atoms. The molecule has 0 radical (unpaired) electrons. The van der Waals surface area contributed by atoms with Crippen molar-refractivity contribution in [1.29, 1.82) is 0 Å². The summed E-state index contributed by atoms with van der Waals surface area (Å²) < 4.78 is 23.2. The van der Waals surface area contributed by atoms with Gasteiger partial charge in [-0.1, -0.05) is 37.3 Å². The number of fused-ring (bicyclic) bond motifs is 2. The molecule has 0 spiro atoms. The van der Waals surface area contributed by atoms with E-state index in [1.165, 1.54) is 0 Å². The van der Waals surface area contributed by atoms with Gasteiger partial charge in [-0.15, -0.1) is 0 Å². The Bertz CT molecular complexity index is 1730. The van der Waals surface area contributed by atoms with E-state index >= 15 is 0 Å². The van der Waals surface area contributed by atoms with Gasteiger partial charge in [0.05, 0.1) is 18.2 Å². The van der Waals surface area contributed by atoms with Crippen molar-refractivity contribution >= 4 is 23.3 Å². The van der Waals surface area contributed by atoms with Gasteiger partial charge in [-0.3, -0.25) is 9.69 Å². The molecule has 0 fully saturated rings. The first-order valence-electron chi connectivity index (χ1n) is 16.0. The fourth-order valence-corrected chi connectivity index (χ4v) is 5.76. The van der Waals surface area contributed by atoms with E-state index in [-0.39, 0.29) is 31.3 Å². The molecule has 4 aromatic carbocycles. The first kappa shape index (κ1) is 32.7. The van der Waals surface area contributed by atoms with Crippen LogP contribution >= 0.6 is 0 Å². The zero-order valence-electron chi connectivity index (χ0n) is 27.2. The number of rotatable bonds is 10. The minimum atomic E-state index is -0.485. The maximum Gasteiger partial charge on any atom is 0.323 e. The number of nitrogens with zero attached hydrogens (tertiary/aromatic N) is 2. The molecule has 0 saturated heterocycles. The van der Waals surface area contributed by atoms with Crippen LogP contribution in [0.2, 0.25) is 0 Å². The van der Waals surface area contributed by atoms with Gasteiger partial charge in [0.2, 0.25) is 6.79 Å². The maximum absolute atomic E-state index is 13.8. The number of urea groups is 1. The summed E-state index contributed by atoms with van der Waals surface area (Å²) in [5.41, 5.74) is 2.38. The zero-order valence-corrected chi connectivity index (χ0v) is 27.2. The summed E-state index contributed by atoms with van der Waals surface area (Å²) in [4.78, 5) is 30.6. The second-order valence-corrected chi connectivity index (χ2v) is 12.2. The van der Waals surface area contributed by atoms with Crippen LogP contribution < -0.4 is 29.6 Å². The summed E-state index contributed by atoms with van der Waals surface area (Å²) in [5.74, 6) is 2.83. The minimum Gasteiger partial charge on any atom is -0.488 e. The molecule has 0 saturated carbocycles. The molecule has 2 aliphatic heterocycles. The number of hydrogen-bond acceptors (Lipinski definition) is 8. The zero-order chi connectivity index (χ0) is 33.6. The van der Waals surface area contributed by atoms with Crippen LogP contribution in [-0.4, -0.2) is 72.5 Å². The van der Waals surface area contributed by atoms with Gasteiger partial charge >= 0.3 is 6.03 Å². The number of hydrogen-bond donors (Lipinski definition) is 3. The quantitative estimate of drug-likeness (QED) is 0.185. The highest BCUT2D eigenvalue weighted by Gasteiger charge is 2.33. The van der Waals surface area contributed by atoms with Crippen molar-refractivity contribution in [3.63, 3.8) is 0 Å². The van der Waals surface area contributed by atoms with E-state index in [9.17, 15) is 14.7 Å². The van der Waals surface area contributed by atoms with Crippen LogP contribution in [0.15, 0.2) is 91.0 Å². The van der Waals surface area contributed by atoms with Crippen LogP contribution in [0.4, 0.5) is 16.2 Å². The first-order chi connectivity index (χ1) is 23.2. The lowest BCUT2D eigenvalue weighted by atomic mass is 9.99. The fraction of sp³-hybridized carbons (Fsp3) is 0.297. The molecule has 11 heteroatoms. The Kier molecular flexibility index (Phi) is 9.98. The van der Waals surface area contributed by atoms with Gasteiger partial charge in [0.1, 0.15) is 23.4 Å². The molecule has 0 aliphatic carbocycles. The average molecular weight is 653 g/mol. The van der Waals surface area contributed by atoms with Gasteiger partial charge in [0.15, 0.2) is 11.5 Å². The predicted molar refractivity (Wildman–Crippen MR) is 182 cm³/mol. The van der Waals surface area contributed by atoms with Crippen LogP contribution in [0, 0.1) is 5.92 Å². The highest BCUT2D eigenvalue weighted by Crippen LogP contribution is 2.35. The van der Waals surface area contributed by atoms with Gasteiger partial charge in [0.25, 0.3) is 5.91 Å². The van der Waals surface area contributed by atoms with Crippen LogP contribution in [0.5, 0.6) is 28.7 Å². The number of benzene rings is 4. The molecule has 0 aromatic heterocycles. The van der Waals surface area contributed by atoms with E-state index in [0.29, 0.717) is 53.8 Å². The Morgan fingerprint density at radius 2 is 1.60 bits per heavy atom. The Balaban J connectivity index is 1.15.